The van der Waals surface area contributed by atoms with E-state index in [1.54, 1.807) is 4.90 Å². The lowest BCUT2D eigenvalue weighted by Crippen LogP contribution is -2.43. The van der Waals surface area contributed by atoms with Crippen LogP contribution in [0.4, 0.5) is 4.39 Å². The molecule has 0 atom stereocenters. The maximum atomic E-state index is 13.0. The number of amides is 2. The Balaban J connectivity index is 1.36. The van der Waals surface area contributed by atoms with E-state index in [1.165, 1.54) is 50.2 Å². The van der Waals surface area contributed by atoms with Crippen LogP contribution < -0.4 is 5.32 Å². The van der Waals surface area contributed by atoms with Crippen molar-refractivity contribution in [3.63, 3.8) is 0 Å². The molecule has 0 bridgehead atoms. The van der Waals surface area contributed by atoms with Crippen molar-refractivity contribution in [3.8, 4) is 0 Å². The van der Waals surface area contributed by atoms with Gasteiger partial charge in [-0.3, -0.25) is 9.59 Å². The molecule has 142 valence electrons. The van der Waals surface area contributed by atoms with Gasteiger partial charge in [0, 0.05) is 31.1 Å². The molecule has 2 amide bonds. The summed E-state index contributed by atoms with van der Waals surface area (Å²) in [6, 6.07) is 5.62. The number of carbonyl (C=O) groups excluding carboxylic acids is 2. The summed E-state index contributed by atoms with van der Waals surface area (Å²) in [4.78, 5) is 28.9. The number of likely N-dealkylation sites (tertiary alicyclic amines) is 2. The Hall–Kier alpha value is -1.95. The van der Waals surface area contributed by atoms with Crippen LogP contribution in [0.3, 0.4) is 0 Å². The molecular weight excluding hydrogens is 333 g/mol. The molecule has 0 aromatic heterocycles. The van der Waals surface area contributed by atoms with Crippen molar-refractivity contribution in [1.29, 1.82) is 0 Å². The van der Waals surface area contributed by atoms with Crippen molar-refractivity contribution in [2.45, 2.75) is 32.1 Å². The third-order valence-corrected chi connectivity index (χ3v) is 5.39. The van der Waals surface area contributed by atoms with E-state index in [2.05, 4.69) is 10.2 Å². The number of hydrogen-bond donors (Lipinski definition) is 1. The van der Waals surface area contributed by atoms with Gasteiger partial charge in [-0.25, -0.2) is 4.39 Å². The van der Waals surface area contributed by atoms with E-state index in [0.717, 1.165) is 19.5 Å². The Morgan fingerprint density at radius 3 is 2.35 bits per heavy atom. The monoisotopic (exact) mass is 361 g/mol. The Bertz CT molecular complexity index is 606. The summed E-state index contributed by atoms with van der Waals surface area (Å²) in [7, 11) is 0. The summed E-state index contributed by atoms with van der Waals surface area (Å²) in [5.74, 6) is -0.338. The first kappa shape index (κ1) is 18.8. The molecule has 0 spiro atoms. The second-order valence-electron chi connectivity index (χ2n) is 7.27. The molecule has 0 aliphatic carbocycles. The largest absolute Gasteiger partial charge is 0.356 e. The number of rotatable bonds is 6. The van der Waals surface area contributed by atoms with Crippen LogP contribution in [0, 0.1) is 11.7 Å². The van der Waals surface area contributed by atoms with Gasteiger partial charge in [0.2, 0.25) is 5.91 Å². The van der Waals surface area contributed by atoms with E-state index in [-0.39, 0.29) is 23.5 Å². The Labute approximate surface area is 154 Å². The standard InChI is InChI=1S/C20H28FN3O2/c21-18-6-4-17(5-7-18)20(26)24-14-8-16(9-15-24)19(25)22-10-3-13-23-11-1-2-12-23/h4-7,16H,1-3,8-15H2,(H,22,25). The van der Waals surface area contributed by atoms with Crippen molar-refractivity contribution in [2.75, 3.05) is 39.3 Å². The van der Waals surface area contributed by atoms with Crippen molar-refractivity contribution >= 4 is 11.8 Å². The molecule has 2 saturated heterocycles. The Kier molecular flexibility index (Phi) is 6.61. The van der Waals surface area contributed by atoms with E-state index in [0.29, 0.717) is 31.5 Å². The molecule has 3 rings (SSSR count). The number of hydrogen-bond acceptors (Lipinski definition) is 3. The molecule has 1 N–H and O–H groups in total. The molecule has 2 aliphatic rings. The smallest absolute Gasteiger partial charge is 0.253 e. The SMILES string of the molecule is O=C(NCCCN1CCCC1)C1CCN(C(=O)c2ccc(F)cc2)CC1. The molecule has 0 saturated carbocycles. The molecule has 2 heterocycles. The second-order valence-corrected chi connectivity index (χ2v) is 7.27. The number of benzene rings is 1. The molecular formula is C20H28FN3O2. The zero-order valence-electron chi connectivity index (χ0n) is 15.3. The highest BCUT2D eigenvalue weighted by molar-refractivity contribution is 5.94. The average molecular weight is 361 g/mol. The van der Waals surface area contributed by atoms with Crippen LogP contribution in [0.15, 0.2) is 24.3 Å². The number of halogens is 1. The average Bonchev–Trinajstić information content (AvgIpc) is 3.19. The lowest BCUT2D eigenvalue weighted by Gasteiger charge is -2.31. The van der Waals surface area contributed by atoms with Gasteiger partial charge in [0.05, 0.1) is 0 Å². The maximum Gasteiger partial charge on any atom is 0.253 e. The van der Waals surface area contributed by atoms with Crippen molar-refractivity contribution in [3.05, 3.63) is 35.6 Å². The van der Waals surface area contributed by atoms with Gasteiger partial charge in [-0.1, -0.05) is 0 Å². The van der Waals surface area contributed by atoms with Gasteiger partial charge in [0.1, 0.15) is 5.82 Å². The normalized spacial score (nSPS) is 18.9. The van der Waals surface area contributed by atoms with E-state index < -0.39 is 0 Å². The van der Waals surface area contributed by atoms with E-state index in [1.807, 2.05) is 0 Å². The minimum absolute atomic E-state index is 0.0148. The highest BCUT2D eigenvalue weighted by Crippen LogP contribution is 2.19. The molecule has 26 heavy (non-hydrogen) atoms. The molecule has 5 nitrogen and oxygen atoms in total. The second kappa shape index (κ2) is 9.12. The van der Waals surface area contributed by atoms with E-state index in [9.17, 15) is 14.0 Å². The Morgan fingerprint density at radius 2 is 1.69 bits per heavy atom. The Morgan fingerprint density at radius 1 is 1.04 bits per heavy atom. The van der Waals surface area contributed by atoms with Gasteiger partial charge in [-0.2, -0.15) is 0 Å². The summed E-state index contributed by atoms with van der Waals surface area (Å²) in [6.07, 6.45) is 4.95. The summed E-state index contributed by atoms with van der Waals surface area (Å²) >= 11 is 0. The van der Waals surface area contributed by atoms with Crippen LogP contribution in [0.25, 0.3) is 0 Å². The van der Waals surface area contributed by atoms with Gasteiger partial charge < -0.3 is 15.1 Å². The predicted octanol–water partition coefficient (Wildman–Crippen LogP) is 2.28. The first-order chi connectivity index (χ1) is 12.6. The summed E-state index contributed by atoms with van der Waals surface area (Å²) in [5, 5.41) is 3.05. The van der Waals surface area contributed by atoms with Crippen molar-refractivity contribution < 1.29 is 14.0 Å². The van der Waals surface area contributed by atoms with Gasteiger partial charge in [-0.05, 0) is 76.0 Å². The molecule has 0 radical (unpaired) electrons. The maximum absolute atomic E-state index is 13.0. The zero-order valence-corrected chi connectivity index (χ0v) is 15.3. The zero-order chi connectivity index (χ0) is 18.4. The minimum Gasteiger partial charge on any atom is -0.356 e. The first-order valence-corrected chi connectivity index (χ1v) is 9.68. The van der Waals surface area contributed by atoms with Gasteiger partial charge in [0.25, 0.3) is 5.91 Å². The highest BCUT2D eigenvalue weighted by Gasteiger charge is 2.27. The minimum atomic E-state index is -0.346. The fourth-order valence-electron chi connectivity index (χ4n) is 3.78. The van der Waals surface area contributed by atoms with E-state index in [4.69, 9.17) is 0 Å². The van der Waals surface area contributed by atoms with Crippen molar-refractivity contribution in [1.82, 2.24) is 15.1 Å². The van der Waals surface area contributed by atoms with Gasteiger partial charge in [-0.15, -0.1) is 0 Å². The topological polar surface area (TPSA) is 52.7 Å². The van der Waals surface area contributed by atoms with Crippen LogP contribution in [-0.4, -0.2) is 60.9 Å². The van der Waals surface area contributed by atoms with Crippen molar-refractivity contribution in [2.24, 2.45) is 5.92 Å². The summed E-state index contributed by atoms with van der Waals surface area (Å²) in [6.45, 7) is 5.31. The van der Waals surface area contributed by atoms with Crippen LogP contribution in [0.1, 0.15) is 42.5 Å². The lowest BCUT2D eigenvalue weighted by molar-refractivity contribution is -0.126. The van der Waals surface area contributed by atoms with Crippen LogP contribution in [-0.2, 0) is 4.79 Å². The predicted molar refractivity (Wildman–Crippen MR) is 98.3 cm³/mol. The molecule has 2 fully saturated rings. The fraction of sp³-hybridized carbons (Fsp3) is 0.600. The van der Waals surface area contributed by atoms with Crippen LogP contribution in [0.2, 0.25) is 0 Å². The molecule has 1 aromatic carbocycles. The third-order valence-electron chi connectivity index (χ3n) is 5.39. The number of nitrogens with one attached hydrogen (secondary N) is 1. The van der Waals surface area contributed by atoms with Gasteiger partial charge in [0.15, 0.2) is 0 Å². The highest BCUT2D eigenvalue weighted by atomic mass is 19.1. The quantitative estimate of drug-likeness (QED) is 0.791. The molecule has 2 aliphatic heterocycles. The van der Waals surface area contributed by atoms with Crippen LogP contribution in [0.5, 0.6) is 0 Å². The summed E-state index contributed by atoms with van der Waals surface area (Å²) < 4.78 is 13.0. The number of piperidine rings is 1. The molecule has 0 unspecified atom stereocenters. The summed E-state index contributed by atoms with van der Waals surface area (Å²) in [5.41, 5.74) is 0.496. The number of nitrogens with zero attached hydrogens (tertiary/aromatic N) is 2. The molecule has 6 heteroatoms. The number of carbonyl (C=O) groups is 2. The molecule has 1 aromatic rings. The fourth-order valence-corrected chi connectivity index (χ4v) is 3.78. The van der Waals surface area contributed by atoms with Crippen LogP contribution >= 0.6 is 0 Å². The third kappa shape index (κ3) is 5.04. The van der Waals surface area contributed by atoms with Gasteiger partial charge >= 0.3 is 0 Å². The van der Waals surface area contributed by atoms with E-state index >= 15 is 0 Å². The lowest BCUT2D eigenvalue weighted by atomic mass is 9.95. The first-order valence-electron chi connectivity index (χ1n) is 9.68.